The number of carbonyl (C=O) groups is 1. The Morgan fingerprint density at radius 3 is 2.82 bits per heavy atom. The van der Waals surface area contributed by atoms with E-state index in [9.17, 15) is 9.90 Å². The quantitative estimate of drug-likeness (QED) is 0.800. The maximum atomic E-state index is 12.7. The number of hydrogen-bond donors (Lipinski definition) is 1. The fraction of sp³-hybridized carbons (Fsp3) is 0.235. The van der Waals surface area contributed by atoms with Crippen molar-refractivity contribution in [3.8, 4) is 5.75 Å². The summed E-state index contributed by atoms with van der Waals surface area (Å²) in [6.45, 7) is 3.00. The zero-order valence-corrected chi connectivity index (χ0v) is 14.4. The second-order valence-corrected chi connectivity index (χ2v) is 6.77. The van der Waals surface area contributed by atoms with Crippen LogP contribution in [0.3, 0.4) is 0 Å². The van der Waals surface area contributed by atoms with Gasteiger partial charge in [-0.15, -0.1) is 0 Å². The molecule has 2 aromatic rings. The van der Waals surface area contributed by atoms with Gasteiger partial charge in [-0.05, 0) is 70.2 Å². The Labute approximate surface area is 142 Å². The average molecular weight is 381 g/mol. The summed E-state index contributed by atoms with van der Waals surface area (Å²) in [6.07, 6.45) is 0.784. The van der Waals surface area contributed by atoms with Crippen molar-refractivity contribution in [1.82, 2.24) is 4.90 Å². The van der Waals surface area contributed by atoms with Crippen LogP contribution in [0.2, 0.25) is 5.02 Å². The highest BCUT2D eigenvalue weighted by Gasteiger charge is 2.24. The van der Waals surface area contributed by atoms with E-state index in [1.54, 1.807) is 17.0 Å². The lowest BCUT2D eigenvalue weighted by molar-refractivity contribution is 0.0734. The molecule has 22 heavy (non-hydrogen) atoms. The maximum Gasteiger partial charge on any atom is 0.254 e. The minimum absolute atomic E-state index is 0.0827. The molecule has 3 rings (SSSR count). The molecule has 0 unspecified atom stereocenters. The fourth-order valence-electron chi connectivity index (χ4n) is 2.81. The molecular formula is C17H15BrClNO2. The van der Waals surface area contributed by atoms with Gasteiger partial charge in [0.25, 0.3) is 5.91 Å². The topological polar surface area (TPSA) is 40.5 Å². The molecule has 5 heteroatoms. The Balaban J connectivity index is 1.91. The predicted molar refractivity (Wildman–Crippen MR) is 90.4 cm³/mol. The minimum Gasteiger partial charge on any atom is -0.508 e. The first-order valence-electron chi connectivity index (χ1n) is 7.01. The molecule has 1 amide bonds. The van der Waals surface area contributed by atoms with Gasteiger partial charge >= 0.3 is 0 Å². The van der Waals surface area contributed by atoms with Crippen molar-refractivity contribution in [3.63, 3.8) is 0 Å². The molecule has 0 aliphatic carbocycles. The summed E-state index contributed by atoms with van der Waals surface area (Å²) >= 11 is 9.78. The van der Waals surface area contributed by atoms with Crippen LogP contribution in [0.25, 0.3) is 0 Å². The number of fused-ring (bicyclic) bond motifs is 1. The van der Waals surface area contributed by atoms with Crippen LogP contribution in [-0.2, 0) is 13.0 Å². The number of phenols is 1. The zero-order valence-electron chi connectivity index (χ0n) is 12.1. The number of amides is 1. The van der Waals surface area contributed by atoms with Crippen molar-refractivity contribution < 1.29 is 9.90 Å². The SMILES string of the molecule is Cc1cc(O)cc(C(=O)N2CCc3ccc(Br)c(Cl)c3C2)c1. The average Bonchev–Trinajstić information content (AvgIpc) is 2.49. The molecule has 1 aliphatic rings. The van der Waals surface area contributed by atoms with Crippen molar-refractivity contribution in [1.29, 1.82) is 0 Å². The number of carbonyl (C=O) groups excluding carboxylic acids is 1. The predicted octanol–water partition coefficient (Wildman–Crippen LogP) is 4.32. The van der Waals surface area contributed by atoms with Crippen LogP contribution in [0.1, 0.15) is 27.0 Å². The smallest absolute Gasteiger partial charge is 0.254 e. The number of aromatic hydroxyl groups is 1. The summed E-state index contributed by atoms with van der Waals surface area (Å²) < 4.78 is 0.843. The fourth-order valence-corrected chi connectivity index (χ4v) is 3.42. The molecule has 1 N–H and O–H groups in total. The Bertz CT molecular complexity index is 740. The normalized spacial score (nSPS) is 13.9. The van der Waals surface area contributed by atoms with Crippen molar-refractivity contribution >= 4 is 33.4 Å². The van der Waals surface area contributed by atoms with E-state index in [2.05, 4.69) is 15.9 Å². The Hall–Kier alpha value is -1.52. The van der Waals surface area contributed by atoms with Crippen LogP contribution >= 0.6 is 27.5 Å². The highest BCUT2D eigenvalue weighted by Crippen LogP contribution is 2.33. The van der Waals surface area contributed by atoms with E-state index in [-0.39, 0.29) is 11.7 Å². The van der Waals surface area contributed by atoms with Gasteiger partial charge in [-0.1, -0.05) is 17.7 Å². The molecule has 0 atom stereocenters. The molecule has 2 aromatic carbocycles. The second kappa shape index (κ2) is 5.94. The summed E-state index contributed by atoms with van der Waals surface area (Å²) in [5.74, 6) is 0.0298. The lowest BCUT2D eigenvalue weighted by atomic mass is 9.99. The third-order valence-electron chi connectivity index (χ3n) is 3.89. The van der Waals surface area contributed by atoms with Gasteiger partial charge in [0.15, 0.2) is 0 Å². The van der Waals surface area contributed by atoms with Crippen LogP contribution in [0.4, 0.5) is 0 Å². The number of hydrogen-bond acceptors (Lipinski definition) is 2. The number of rotatable bonds is 1. The number of phenolic OH excluding ortho intramolecular Hbond substituents is 1. The molecule has 0 saturated carbocycles. The molecule has 3 nitrogen and oxygen atoms in total. The first-order valence-corrected chi connectivity index (χ1v) is 8.18. The molecule has 1 aliphatic heterocycles. The molecular weight excluding hydrogens is 366 g/mol. The summed E-state index contributed by atoms with van der Waals surface area (Å²) in [4.78, 5) is 14.4. The van der Waals surface area contributed by atoms with Gasteiger partial charge in [-0.25, -0.2) is 0 Å². The number of nitrogens with zero attached hydrogens (tertiary/aromatic N) is 1. The molecule has 0 aromatic heterocycles. The van der Waals surface area contributed by atoms with Crippen molar-refractivity contribution in [2.24, 2.45) is 0 Å². The summed E-state index contributed by atoms with van der Waals surface area (Å²) in [5, 5.41) is 10.3. The monoisotopic (exact) mass is 379 g/mol. The van der Waals surface area contributed by atoms with Crippen molar-refractivity contribution in [2.75, 3.05) is 6.54 Å². The molecule has 0 bridgehead atoms. The number of halogens is 2. The highest BCUT2D eigenvalue weighted by molar-refractivity contribution is 9.10. The van der Waals surface area contributed by atoms with Gasteiger partial charge in [0, 0.05) is 23.1 Å². The molecule has 0 saturated heterocycles. The highest BCUT2D eigenvalue weighted by atomic mass is 79.9. The minimum atomic E-state index is -0.0827. The zero-order chi connectivity index (χ0) is 15.9. The van der Waals surface area contributed by atoms with Crippen LogP contribution < -0.4 is 0 Å². The van der Waals surface area contributed by atoms with Crippen LogP contribution in [-0.4, -0.2) is 22.5 Å². The van der Waals surface area contributed by atoms with Crippen LogP contribution in [0.5, 0.6) is 5.75 Å². The van der Waals surface area contributed by atoms with Crippen molar-refractivity contribution in [2.45, 2.75) is 19.9 Å². The maximum absolute atomic E-state index is 12.7. The third-order valence-corrected chi connectivity index (χ3v) is 5.21. The van der Waals surface area contributed by atoms with E-state index >= 15 is 0 Å². The van der Waals surface area contributed by atoms with Crippen LogP contribution in [0.15, 0.2) is 34.8 Å². The largest absolute Gasteiger partial charge is 0.508 e. The Morgan fingerprint density at radius 2 is 2.09 bits per heavy atom. The molecule has 0 fully saturated rings. The standard InChI is InChI=1S/C17H15BrClNO2/c1-10-6-12(8-13(21)7-10)17(22)20-5-4-11-2-3-15(18)16(19)14(11)9-20/h2-3,6-8,21H,4-5,9H2,1H3. The lowest BCUT2D eigenvalue weighted by Crippen LogP contribution is -2.36. The summed E-state index contributed by atoms with van der Waals surface area (Å²) in [6, 6.07) is 8.92. The van der Waals surface area contributed by atoms with E-state index in [1.807, 2.05) is 19.1 Å². The van der Waals surface area contributed by atoms with Gasteiger partial charge < -0.3 is 10.0 Å². The van der Waals surface area contributed by atoms with E-state index in [0.717, 1.165) is 22.0 Å². The van der Waals surface area contributed by atoms with Gasteiger partial charge in [-0.2, -0.15) is 0 Å². The third kappa shape index (κ3) is 2.85. The van der Waals surface area contributed by atoms with E-state index < -0.39 is 0 Å². The molecule has 1 heterocycles. The summed E-state index contributed by atoms with van der Waals surface area (Å²) in [7, 11) is 0. The lowest BCUT2D eigenvalue weighted by Gasteiger charge is -2.30. The summed E-state index contributed by atoms with van der Waals surface area (Å²) in [5.41, 5.74) is 3.55. The van der Waals surface area contributed by atoms with E-state index in [1.165, 1.54) is 11.6 Å². The first kappa shape index (κ1) is 15.4. The van der Waals surface area contributed by atoms with Gasteiger partial charge in [0.05, 0.1) is 5.02 Å². The Kier molecular flexibility index (Phi) is 4.15. The Morgan fingerprint density at radius 1 is 1.32 bits per heavy atom. The number of aryl methyl sites for hydroxylation is 1. The van der Waals surface area contributed by atoms with Gasteiger partial charge in [-0.3, -0.25) is 4.79 Å². The van der Waals surface area contributed by atoms with E-state index in [0.29, 0.717) is 23.7 Å². The number of benzene rings is 2. The second-order valence-electron chi connectivity index (χ2n) is 5.53. The van der Waals surface area contributed by atoms with Crippen LogP contribution in [0, 0.1) is 6.92 Å². The molecule has 114 valence electrons. The molecule has 0 radical (unpaired) electrons. The van der Waals surface area contributed by atoms with E-state index in [4.69, 9.17) is 11.6 Å². The van der Waals surface area contributed by atoms with Crippen molar-refractivity contribution in [3.05, 3.63) is 62.1 Å². The first-order chi connectivity index (χ1) is 10.5. The van der Waals surface area contributed by atoms with Gasteiger partial charge in [0.1, 0.15) is 5.75 Å². The molecule has 0 spiro atoms. The van der Waals surface area contributed by atoms with Gasteiger partial charge in [0.2, 0.25) is 0 Å².